The highest BCUT2D eigenvalue weighted by Crippen LogP contribution is 2.26. The van der Waals surface area contributed by atoms with Crippen molar-refractivity contribution in [2.45, 2.75) is 31.7 Å². The Morgan fingerprint density at radius 1 is 1.18 bits per heavy atom. The van der Waals surface area contributed by atoms with Crippen LogP contribution in [0.3, 0.4) is 0 Å². The minimum atomic E-state index is -0.220. The molecule has 1 atom stereocenters. The van der Waals surface area contributed by atoms with Crippen LogP contribution in [0.1, 0.15) is 31.4 Å². The smallest absolute Gasteiger partial charge is 0.347 e. The third-order valence-corrected chi connectivity index (χ3v) is 4.70. The van der Waals surface area contributed by atoms with Crippen LogP contribution in [0.15, 0.2) is 41.3 Å². The molecule has 0 radical (unpaired) electrons. The highest BCUT2D eigenvalue weighted by atomic mass is 16.1. The highest BCUT2D eigenvalue weighted by molar-refractivity contribution is 5.68. The Labute approximate surface area is 128 Å². The van der Waals surface area contributed by atoms with Gasteiger partial charge in [0.1, 0.15) is 0 Å². The number of aromatic nitrogens is 2. The van der Waals surface area contributed by atoms with Crippen molar-refractivity contribution >= 4 is 11.3 Å². The first-order valence-electron chi connectivity index (χ1n) is 7.87. The first-order chi connectivity index (χ1) is 10.7. The molecule has 112 valence electrons. The van der Waals surface area contributed by atoms with Gasteiger partial charge in [0.05, 0.1) is 11.4 Å². The SMILES string of the molecule is Cn1ccc(C2=c3ccccc3=C3CCCCC3N2)nc1=O. The van der Waals surface area contributed by atoms with Crippen LogP contribution in [-0.2, 0) is 7.05 Å². The molecule has 0 amide bonds. The second-order valence-corrected chi connectivity index (χ2v) is 6.09. The Hall–Kier alpha value is -2.36. The summed E-state index contributed by atoms with van der Waals surface area (Å²) in [6.45, 7) is 0. The summed E-state index contributed by atoms with van der Waals surface area (Å²) < 4.78 is 1.50. The summed E-state index contributed by atoms with van der Waals surface area (Å²) in [5.74, 6) is 0. The van der Waals surface area contributed by atoms with Crippen LogP contribution < -0.4 is 21.4 Å². The van der Waals surface area contributed by atoms with Gasteiger partial charge in [0.2, 0.25) is 0 Å². The molecule has 2 aromatic rings. The summed E-state index contributed by atoms with van der Waals surface area (Å²) in [4.78, 5) is 16.1. The Morgan fingerprint density at radius 2 is 2.00 bits per heavy atom. The van der Waals surface area contributed by atoms with Crippen LogP contribution >= 0.6 is 0 Å². The molecule has 1 saturated carbocycles. The van der Waals surface area contributed by atoms with Crippen molar-refractivity contribution in [3.8, 4) is 0 Å². The number of nitrogens with one attached hydrogen (secondary N) is 1. The zero-order valence-electron chi connectivity index (χ0n) is 12.7. The predicted molar refractivity (Wildman–Crippen MR) is 86.5 cm³/mol. The van der Waals surface area contributed by atoms with Gasteiger partial charge in [-0.05, 0) is 36.1 Å². The fraction of sp³-hybridized carbons (Fsp3) is 0.333. The van der Waals surface area contributed by atoms with E-state index >= 15 is 0 Å². The van der Waals surface area contributed by atoms with Gasteiger partial charge in [0.15, 0.2) is 0 Å². The largest absolute Gasteiger partial charge is 0.376 e. The molecule has 4 heteroatoms. The fourth-order valence-corrected chi connectivity index (χ4v) is 3.54. The third-order valence-electron chi connectivity index (χ3n) is 4.70. The van der Waals surface area contributed by atoms with E-state index in [4.69, 9.17) is 0 Å². The maximum absolute atomic E-state index is 11.9. The first-order valence-corrected chi connectivity index (χ1v) is 7.87. The van der Waals surface area contributed by atoms with E-state index in [1.54, 1.807) is 13.2 Å². The van der Waals surface area contributed by atoms with Crippen molar-refractivity contribution in [1.82, 2.24) is 14.9 Å². The van der Waals surface area contributed by atoms with Gasteiger partial charge in [-0.3, -0.25) is 0 Å². The Kier molecular flexibility index (Phi) is 3.10. The van der Waals surface area contributed by atoms with Crippen LogP contribution in [0.2, 0.25) is 0 Å². The van der Waals surface area contributed by atoms with Gasteiger partial charge in [-0.15, -0.1) is 0 Å². The second kappa shape index (κ2) is 5.13. The van der Waals surface area contributed by atoms with Gasteiger partial charge in [-0.25, -0.2) is 4.79 Å². The van der Waals surface area contributed by atoms with E-state index in [2.05, 4.69) is 28.5 Å². The number of nitrogens with zero attached hydrogens (tertiary/aromatic N) is 2. The second-order valence-electron chi connectivity index (χ2n) is 6.09. The van der Waals surface area contributed by atoms with Crippen molar-refractivity contribution in [1.29, 1.82) is 0 Å². The summed E-state index contributed by atoms with van der Waals surface area (Å²) in [7, 11) is 1.72. The number of benzene rings is 1. The monoisotopic (exact) mass is 293 g/mol. The van der Waals surface area contributed by atoms with Gasteiger partial charge in [0.25, 0.3) is 0 Å². The molecule has 0 bridgehead atoms. The van der Waals surface area contributed by atoms with E-state index < -0.39 is 0 Å². The molecular formula is C18H19N3O. The number of hydrogen-bond acceptors (Lipinski definition) is 3. The lowest BCUT2D eigenvalue weighted by molar-refractivity contribution is 0.538. The molecule has 4 nitrogen and oxygen atoms in total. The zero-order valence-corrected chi connectivity index (χ0v) is 12.7. The number of aryl methyl sites for hydroxylation is 1. The van der Waals surface area contributed by atoms with Gasteiger partial charge in [0, 0.05) is 24.5 Å². The molecule has 1 aliphatic carbocycles. The molecule has 2 aliphatic rings. The van der Waals surface area contributed by atoms with Gasteiger partial charge >= 0.3 is 5.69 Å². The van der Waals surface area contributed by atoms with E-state index in [0.717, 1.165) is 29.5 Å². The highest BCUT2D eigenvalue weighted by Gasteiger charge is 2.24. The predicted octanol–water partition coefficient (Wildman–Crippen LogP) is 0.633. The lowest BCUT2D eigenvalue weighted by Crippen LogP contribution is -2.47. The summed E-state index contributed by atoms with van der Waals surface area (Å²) in [6.07, 6.45) is 6.61. The molecule has 0 spiro atoms. The average Bonchev–Trinajstić information content (AvgIpc) is 2.57. The topological polar surface area (TPSA) is 46.9 Å². The van der Waals surface area contributed by atoms with Crippen molar-refractivity contribution in [2.24, 2.45) is 7.05 Å². The van der Waals surface area contributed by atoms with Crippen LogP contribution in [0, 0.1) is 0 Å². The summed E-state index contributed by atoms with van der Waals surface area (Å²) in [5, 5.41) is 6.13. The molecule has 0 saturated heterocycles. The lowest BCUT2D eigenvalue weighted by Gasteiger charge is -2.31. The molecule has 22 heavy (non-hydrogen) atoms. The van der Waals surface area contributed by atoms with Crippen LogP contribution in [0.4, 0.5) is 0 Å². The molecule has 1 N–H and O–H groups in total. The van der Waals surface area contributed by atoms with E-state index in [0.29, 0.717) is 6.04 Å². The minimum absolute atomic E-state index is 0.220. The molecule has 1 aliphatic heterocycles. The first kappa shape index (κ1) is 13.3. The lowest BCUT2D eigenvalue weighted by atomic mass is 9.85. The summed E-state index contributed by atoms with van der Waals surface area (Å²) in [5.41, 5.74) is 3.02. The zero-order chi connectivity index (χ0) is 15.1. The number of rotatable bonds is 1. The maximum Gasteiger partial charge on any atom is 0.347 e. The van der Waals surface area contributed by atoms with E-state index in [1.165, 1.54) is 28.2 Å². The summed E-state index contributed by atoms with van der Waals surface area (Å²) >= 11 is 0. The van der Waals surface area contributed by atoms with Gasteiger partial charge in [-0.1, -0.05) is 30.7 Å². The molecular weight excluding hydrogens is 274 g/mol. The van der Waals surface area contributed by atoms with Crippen molar-refractivity contribution in [3.05, 3.63) is 63.1 Å². The number of hydrogen-bond donors (Lipinski definition) is 1. The molecule has 1 unspecified atom stereocenters. The Bertz CT molecular complexity index is 910. The summed E-state index contributed by atoms with van der Waals surface area (Å²) in [6, 6.07) is 10.8. The molecule has 1 aromatic carbocycles. The number of fused-ring (bicyclic) bond motifs is 2. The minimum Gasteiger partial charge on any atom is -0.376 e. The van der Waals surface area contributed by atoms with Crippen LogP contribution in [0.25, 0.3) is 11.3 Å². The van der Waals surface area contributed by atoms with Crippen molar-refractivity contribution in [2.75, 3.05) is 0 Å². The molecule has 4 rings (SSSR count). The standard InChI is InChI=1S/C18H19N3O/c1-21-11-10-16(20-18(21)22)17-14-8-3-2-6-12(14)13-7-4-5-9-15(13)19-17/h2-3,6,8,10-11,15,19H,4-5,7,9H2,1H3. The van der Waals surface area contributed by atoms with E-state index in [9.17, 15) is 4.79 Å². The van der Waals surface area contributed by atoms with Crippen LogP contribution in [-0.4, -0.2) is 15.6 Å². The van der Waals surface area contributed by atoms with Crippen LogP contribution in [0.5, 0.6) is 0 Å². The Balaban J connectivity index is 2.03. The maximum atomic E-state index is 11.9. The van der Waals surface area contributed by atoms with Gasteiger partial charge < -0.3 is 9.88 Å². The van der Waals surface area contributed by atoms with E-state index in [1.807, 2.05) is 12.1 Å². The van der Waals surface area contributed by atoms with Crippen molar-refractivity contribution < 1.29 is 0 Å². The third kappa shape index (κ3) is 2.06. The normalized spacial score (nSPS) is 20.1. The van der Waals surface area contributed by atoms with E-state index in [-0.39, 0.29) is 5.69 Å². The van der Waals surface area contributed by atoms with Gasteiger partial charge in [-0.2, -0.15) is 4.98 Å². The quantitative estimate of drug-likeness (QED) is 0.839. The molecule has 1 fully saturated rings. The fourth-order valence-electron chi connectivity index (χ4n) is 3.54. The Morgan fingerprint density at radius 3 is 2.82 bits per heavy atom. The molecule has 1 aromatic heterocycles. The average molecular weight is 293 g/mol. The molecule has 2 heterocycles. The van der Waals surface area contributed by atoms with Crippen molar-refractivity contribution in [3.63, 3.8) is 0 Å².